The van der Waals surface area contributed by atoms with Gasteiger partial charge in [-0.3, -0.25) is 14.4 Å². The summed E-state index contributed by atoms with van der Waals surface area (Å²) in [4.78, 5) is 17.1. The monoisotopic (exact) mass is 487 g/mol. The molecule has 1 aliphatic rings. The van der Waals surface area contributed by atoms with Crippen molar-refractivity contribution in [1.82, 2.24) is 4.98 Å². The molecule has 1 amide bonds. The Morgan fingerprint density at radius 1 is 1.21 bits per heavy atom. The van der Waals surface area contributed by atoms with E-state index in [2.05, 4.69) is 10.3 Å². The Hall–Kier alpha value is -2.95. The minimum absolute atomic E-state index is 0.142. The molecule has 0 saturated carbocycles. The van der Waals surface area contributed by atoms with Crippen LogP contribution in [0.3, 0.4) is 0 Å². The van der Waals surface area contributed by atoms with Gasteiger partial charge in [-0.15, -0.1) is 11.3 Å². The molecule has 0 radical (unpaired) electrons. The number of hydrogen-bond acceptors (Lipinski definition) is 7. The third-order valence-corrected chi connectivity index (χ3v) is 7.29. The Morgan fingerprint density at radius 2 is 1.94 bits per heavy atom. The Morgan fingerprint density at radius 3 is 2.58 bits per heavy atom. The van der Waals surface area contributed by atoms with Crippen molar-refractivity contribution in [2.45, 2.75) is 18.9 Å². The molecular formula is C23H25N3O5S2. The summed E-state index contributed by atoms with van der Waals surface area (Å²) in [6.07, 6.45) is 3.38. The molecule has 1 N–H and O–H groups in total. The Balaban J connectivity index is 1.35. The number of carbonyl (C=O) groups is 1. The molecule has 1 fully saturated rings. The van der Waals surface area contributed by atoms with Gasteiger partial charge >= 0.3 is 0 Å². The second kappa shape index (κ2) is 9.90. The van der Waals surface area contributed by atoms with Gasteiger partial charge in [0.1, 0.15) is 12.4 Å². The van der Waals surface area contributed by atoms with Crippen LogP contribution in [0, 0.1) is 0 Å². The Labute approximate surface area is 197 Å². The maximum Gasteiger partial charge on any atom is 0.257 e. The van der Waals surface area contributed by atoms with Crippen LogP contribution < -0.4 is 14.4 Å². The van der Waals surface area contributed by atoms with E-state index in [0.29, 0.717) is 34.4 Å². The third kappa shape index (κ3) is 5.89. The maximum absolute atomic E-state index is 12.6. The molecule has 1 saturated heterocycles. The predicted molar refractivity (Wildman–Crippen MR) is 130 cm³/mol. The third-order valence-electron chi connectivity index (χ3n) is 5.33. The van der Waals surface area contributed by atoms with Gasteiger partial charge in [-0.2, -0.15) is 0 Å². The molecule has 33 heavy (non-hydrogen) atoms. The number of sulfonamides is 1. The van der Waals surface area contributed by atoms with Crippen molar-refractivity contribution in [2.24, 2.45) is 0 Å². The van der Waals surface area contributed by atoms with E-state index in [4.69, 9.17) is 9.47 Å². The van der Waals surface area contributed by atoms with Gasteiger partial charge in [-0.25, -0.2) is 13.4 Å². The number of nitrogens with zero attached hydrogens (tertiary/aromatic N) is 2. The van der Waals surface area contributed by atoms with Crippen LogP contribution >= 0.6 is 11.3 Å². The summed E-state index contributed by atoms with van der Waals surface area (Å²) in [7, 11) is -1.82. The number of ether oxygens (including phenoxy) is 2. The van der Waals surface area contributed by atoms with Crippen molar-refractivity contribution in [3.8, 4) is 17.0 Å². The number of nitrogens with one attached hydrogen (secondary N) is 1. The number of benzene rings is 2. The molecule has 0 spiro atoms. The molecular weight excluding hydrogens is 462 g/mol. The fraction of sp³-hybridized carbons (Fsp3) is 0.304. The van der Waals surface area contributed by atoms with Crippen molar-refractivity contribution >= 4 is 38.1 Å². The molecule has 10 heteroatoms. The first kappa shape index (κ1) is 23.2. The molecule has 1 atom stereocenters. The second-order valence-corrected chi connectivity index (χ2v) is 10.6. The number of amides is 1. The second-order valence-electron chi connectivity index (χ2n) is 7.74. The summed E-state index contributed by atoms with van der Waals surface area (Å²) in [6, 6.07) is 14.0. The first-order valence-electron chi connectivity index (χ1n) is 10.5. The lowest BCUT2D eigenvalue weighted by molar-refractivity contribution is 0.0679. The lowest BCUT2D eigenvalue weighted by atomic mass is 10.1. The summed E-state index contributed by atoms with van der Waals surface area (Å²) in [5.41, 5.74) is 2.59. The summed E-state index contributed by atoms with van der Waals surface area (Å²) < 4.78 is 35.8. The predicted octanol–water partition coefficient (Wildman–Crippen LogP) is 4.02. The first-order valence-corrected chi connectivity index (χ1v) is 13.2. The van der Waals surface area contributed by atoms with Crippen LogP contribution in [-0.4, -0.2) is 51.9 Å². The number of carbonyl (C=O) groups excluding carboxylic acids is 1. The summed E-state index contributed by atoms with van der Waals surface area (Å²) in [5.74, 6) is 0.440. The highest BCUT2D eigenvalue weighted by molar-refractivity contribution is 7.92. The highest BCUT2D eigenvalue weighted by atomic mass is 32.2. The molecule has 4 rings (SSSR count). The zero-order valence-electron chi connectivity index (χ0n) is 18.4. The Bertz CT molecular complexity index is 1200. The van der Waals surface area contributed by atoms with Crippen LogP contribution in [0.2, 0.25) is 0 Å². The zero-order valence-corrected chi connectivity index (χ0v) is 20.0. The van der Waals surface area contributed by atoms with E-state index >= 15 is 0 Å². The van der Waals surface area contributed by atoms with Crippen molar-refractivity contribution in [2.75, 3.05) is 36.1 Å². The Kier molecular flexibility index (Phi) is 6.96. The molecule has 1 aliphatic heterocycles. The molecule has 2 aromatic carbocycles. The van der Waals surface area contributed by atoms with Crippen LogP contribution in [0.5, 0.6) is 5.75 Å². The first-order chi connectivity index (χ1) is 15.8. The van der Waals surface area contributed by atoms with Crippen molar-refractivity contribution < 1.29 is 22.7 Å². The standard InChI is InChI=1S/C23H25N3O5S2/c1-26(33(2,28)29)18-9-5-16(6-10-18)21-15-32-23(24-21)25-22(27)17-7-11-19(12-8-17)31-14-20-4-3-13-30-20/h5-12,15,20H,3-4,13-14H2,1-2H3,(H,24,25,27)/t20-/m1/s1. The van der Waals surface area contributed by atoms with E-state index in [9.17, 15) is 13.2 Å². The van der Waals surface area contributed by atoms with Crippen molar-refractivity contribution in [1.29, 1.82) is 0 Å². The van der Waals surface area contributed by atoms with Crippen LogP contribution in [0.15, 0.2) is 53.9 Å². The van der Waals surface area contributed by atoms with Crippen molar-refractivity contribution in [3.63, 3.8) is 0 Å². The smallest absolute Gasteiger partial charge is 0.257 e. The molecule has 3 aromatic rings. The fourth-order valence-electron chi connectivity index (χ4n) is 3.33. The van der Waals surface area contributed by atoms with Crippen LogP contribution in [0.4, 0.5) is 10.8 Å². The van der Waals surface area contributed by atoms with E-state index in [1.165, 1.54) is 22.7 Å². The molecule has 0 unspecified atom stereocenters. The normalized spacial score (nSPS) is 15.9. The lowest BCUT2D eigenvalue weighted by Gasteiger charge is -2.16. The van der Waals surface area contributed by atoms with Gasteiger partial charge in [0.05, 0.1) is 23.7 Å². The average molecular weight is 488 g/mol. The lowest BCUT2D eigenvalue weighted by Crippen LogP contribution is -2.24. The molecule has 174 valence electrons. The number of aromatic nitrogens is 1. The minimum Gasteiger partial charge on any atom is -0.491 e. The topological polar surface area (TPSA) is 97.8 Å². The van der Waals surface area contributed by atoms with Gasteiger partial charge in [-0.1, -0.05) is 12.1 Å². The molecule has 1 aromatic heterocycles. The van der Waals surface area contributed by atoms with Crippen LogP contribution in [-0.2, 0) is 14.8 Å². The van der Waals surface area contributed by atoms with Crippen LogP contribution in [0.25, 0.3) is 11.3 Å². The molecule has 8 nitrogen and oxygen atoms in total. The van der Waals surface area contributed by atoms with Gasteiger partial charge in [0.2, 0.25) is 10.0 Å². The fourth-order valence-corrected chi connectivity index (χ4v) is 4.55. The molecule has 2 heterocycles. The van der Waals surface area contributed by atoms with Gasteiger partial charge in [0.15, 0.2) is 5.13 Å². The van der Waals surface area contributed by atoms with Crippen LogP contribution in [0.1, 0.15) is 23.2 Å². The SMILES string of the molecule is CN(c1ccc(-c2csc(NC(=O)c3ccc(OC[C@H]4CCCO4)cc3)n2)cc1)S(C)(=O)=O. The van der Waals surface area contributed by atoms with E-state index < -0.39 is 10.0 Å². The largest absolute Gasteiger partial charge is 0.491 e. The quantitative estimate of drug-likeness (QED) is 0.516. The van der Waals surface area contributed by atoms with E-state index in [0.717, 1.165) is 31.3 Å². The van der Waals surface area contributed by atoms with E-state index in [1.54, 1.807) is 48.5 Å². The molecule has 0 bridgehead atoms. The number of thiazole rings is 1. The van der Waals surface area contributed by atoms with Crippen molar-refractivity contribution in [3.05, 3.63) is 59.5 Å². The number of hydrogen-bond donors (Lipinski definition) is 1. The van der Waals surface area contributed by atoms with Gasteiger partial charge in [0, 0.05) is 30.2 Å². The van der Waals surface area contributed by atoms with Gasteiger partial charge in [0.25, 0.3) is 5.91 Å². The highest BCUT2D eigenvalue weighted by Gasteiger charge is 2.16. The number of anilines is 2. The summed E-state index contributed by atoms with van der Waals surface area (Å²) in [5, 5.41) is 5.13. The maximum atomic E-state index is 12.6. The van der Waals surface area contributed by atoms with Gasteiger partial charge in [-0.05, 0) is 49.2 Å². The number of rotatable bonds is 8. The van der Waals surface area contributed by atoms with E-state index in [1.807, 2.05) is 5.38 Å². The zero-order chi connectivity index (χ0) is 23.4. The van der Waals surface area contributed by atoms with Gasteiger partial charge < -0.3 is 9.47 Å². The minimum atomic E-state index is -3.32. The molecule has 0 aliphatic carbocycles. The average Bonchev–Trinajstić information content (AvgIpc) is 3.49. The summed E-state index contributed by atoms with van der Waals surface area (Å²) in [6.45, 7) is 1.30. The summed E-state index contributed by atoms with van der Waals surface area (Å²) >= 11 is 1.32. The highest BCUT2D eigenvalue weighted by Crippen LogP contribution is 2.27. The van der Waals surface area contributed by atoms with E-state index in [-0.39, 0.29) is 12.0 Å².